The number of carbonyl (C=O) groups excluding carboxylic acids is 2. The van der Waals surface area contributed by atoms with E-state index in [4.69, 9.17) is 14.2 Å². The zero-order valence-corrected chi connectivity index (χ0v) is 23.5. The third-order valence-corrected chi connectivity index (χ3v) is 7.15. The van der Waals surface area contributed by atoms with Crippen molar-refractivity contribution < 1.29 is 28.9 Å². The summed E-state index contributed by atoms with van der Waals surface area (Å²) in [6.45, 7) is 8.86. The van der Waals surface area contributed by atoms with Crippen LogP contribution in [0.1, 0.15) is 50.3 Å². The molecule has 40 heavy (non-hydrogen) atoms. The van der Waals surface area contributed by atoms with E-state index in [2.05, 4.69) is 11.8 Å². The van der Waals surface area contributed by atoms with Crippen molar-refractivity contribution in [3.05, 3.63) is 77.1 Å². The summed E-state index contributed by atoms with van der Waals surface area (Å²) in [4.78, 5) is 30.7. The Morgan fingerprint density at radius 3 is 2.52 bits per heavy atom. The number of aliphatic hydroxyl groups is 1. The maximum Gasteiger partial charge on any atom is 0.290 e. The SMILES string of the molecule is CCCCCOc1ccc(C2C(C(=O)/C=C/c3ccccc3)=C(O)C(=O)N2CCN2CCOCC2)cc1OCC. The number of rotatable bonds is 14. The molecule has 2 aromatic rings. The maximum atomic E-state index is 13.5. The monoisotopic (exact) mass is 548 g/mol. The van der Waals surface area contributed by atoms with Crippen molar-refractivity contribution in [2.45, 2.75) is 39.2 Å². The predicted octanol–water partition coefficient (Wildman–Crippen LogP) is 4.96. The first-order valence-electron chi connectivity index (χ1n) is 14.2. The first kappa shape index (κ1) is 29.4. The lowest BCUT2D eigenvalue weighted by molar-refractivity contribution is -0.129. The zero-order chi connectivity index (χ0) is 28.3. The Labute approximate surface area is 236 Å². The third-order valence-electron chi connectivity index (χ3n) is 7.15. The van der Waals surface area contributed by atoms with E-state index in [1.807, 2.05) is 55.5 Å². The molecule has 0 aromatic heterocycles. The largest absolute Gasteiger partial charge is 0.503 e. The van der Waals surface area contributed by atoms with Crippen molar-refractivity contribution in [2.24, 2.45) is 0 Å². The molecule has 2 heterocycles. The van der Waals surface area contributed by atoms with Crippen molar-refractivity contribution in [3.8, 4) is 11.5 Å². The molecular formula is C32H40N2O6. The molecule has 0 aliphatic carbocycles. The van der Waals surface area contributed by atoms with Crippen LogP contribution in [-0.4, -0.2) is 79.2 Å². The zero-order valence-electron chi connectivity index (χ0n) is 23.5. The number of aliphatic hydroxyl groups excluding tert-OH is 1. The smallest absolute Gasteiger partial charge is 0.290 e. The number of hydrogen-bond acceptors (Lipinski definition) is 7. The van der Waals surface area contributed by atoms with Crippen LogP contribution in [0, 0.1) is 0 Å². The molecule has 1 saturated heterocycles. The van der Waals surface area contributed by atoms with Gasteiger partial charge in [-0.1, -0.05) is 62.2 Å². The summed E-state index contributed by atoms with van der Waals surface area (Å²) in [5, 5.41) is 11.0. The Bertz CT molecular complexity index is 1200. The van der Waals surface area contributed by atoms with Crippen molar-refractivity contribution in [3.63, 3.8) is 0 Å². The number of carbonyl (C=O) groups is 2. The van der Waals surface area contributed by atoms with Gasteiger partial charge in [-0.3, -0.25) is 14.5 Å². The second kappa shape index (κ2) is 14.7. The second-order valence-corrected chi connectivity index (χ2v) is 9.92. The van der Waals surface area contributed by atoms with Crippen molar-refractivity contribution >= 4 is 17.8 Å². The molecule has 2 aliphatic heterocycles. The summed E-state index contributed by atoms with van der Waals surface area (Å²) in [6.07, 6.45) is 6.23. The number of benzene rings is 2. The van der Waals surface area contributed by atoms with Gasteiger partial charge in [0.2, 0.25) is 0 Å². The van der Waals surface area contributed by atoms with Crippen LogP contribution in [-0.2, 0) is 14.3 Å². The topological polar surface area (TPSA) is 88.5 Å². The fourth-order valence-electron chi connectivity index (χ4n) is 5.00. The van der Waals surface area contributed by atoms with E-state index in [1.165, 1.54) is 6.08 Å². The number of hydrogen-bond donors (Lipinski definition) is 1. The maximum absolute atomic E-state index is 13.5. The molecule has 8 heteroatoms. The Morgan fingerprint density at radius 1 is 1.02 bits per heavy atom. The number of allylic oxidation sites excluding steroid dienone is 1. The molecule has 1 N–H and O–H groups in total. The summed E-state index contributed by atoms with van der Waals surface area (Å²) >= 11 is 0. The van der Waals surface area contributed by atoms with E-state index in [9.17, 15) is 14.7 Å². The van der Waals surface area contributed by atoms with Gasteiger partial charge >= 0.3 is 0 Å². The van der Waals surface area contributed by atoms with Gasteiger partial charge in [0, 0.05) is 26.2 Å². The van der Waals surface area contributed by atoms with Gasteiger partial charge in [-0.15, -0.1) is 0 Å². The number of ether oxygens (including phenoxy) is 3. The van der Waals surface area contributed by atoms with Gasteiger partial charge in [-0.2, -0.15) is 0 Å². The second-order valence-electron chi connectivity index (χ2n) is 9.92. The lowest BCUT2D eigenvalue weighted by atomic mass is 9.95. The molecule has 0 saturated carbocycles. The lowest BCUT2D eigenvalue weighted by Crippen LogP contribution is -2.43. The first-order chi connectivity index (χ1) is 19.5. The van der Waals surface area contributed by atoms with Crippen LogP contribution in [0.2, 0.25) is 0 Å². The summed E-state index contributed by atoms with van der Waals surface area (Å²) in [5.74, 6) is -0.294. The van der Waals surface area contributed by atoms with Crippen LogP contribution in [0.15, 0.2) is 65.9 Å². The van der Waals surface area contributed by atoms with Crippen LogP contribution in [0.4, 0.5) is 0 Å². The highest BCUT2D eigenvalue weighted by molar-refractivity contribution is 6.14. The normalized spacial score (nSPS) is 18.1. The van der Waals surface area contributed by atoms with E-state index in [1.54, 1.807) is 11.0 Å². The molecule has 4 rings (SSSR count). The van der Waals surface area contributed by atoms with Gasteiger partial charge in [0.05, 0.1) is 38.0 Å². The molecule has 2 aromatic carbocycles. The predicted molar refractivity (Wildman–Crippen MR) is 154 cm³/mol. The van der Waals surface area contributed by atoms with Gasteiger partial charge in [0.1, 0.15) is 0 Å². The number of unbranched alkanes of at least 4 members (excludes halogenated alkanes) is 2. The average molecular weight is 549 g/mol. The molecule has 0 spiro atoms. The van der Waals surface area contributed by atoms with Gasteiger partial charge in [0.15, 0.2) is 23.0 Å². The molecule has 0 radical (unpaired) electrons. The molecule has 1 amide bonds. The molecule has 0 bridgehead atoms. The van der Waals surface area contributed by atoms with Crippen LogP contribution < -0.4 is 9.47 Å². The minimum atomic E-state index is -0.755. The highest BCUT2D eigenvalue weighted by Gasteiger charge is 2.43. The molecule has 214 valence electrons. The molecule has 1 unspecified atom stereocenters. The Hall–Kier alpha value is -3.62. The quantitative estimate of drug-likeness (QED) is 0.264. The molecule has 1 atom stereocenters. The summed E-state index contributed by atoms with van der Waals surface area (Å²) in [7, 11) is 0. The van der Waals surface area contributed by atoms with Gasteiger partial charge in [0.25, 0.3) is 5.91 Å². The van der Waals surface area contributed by atoms with Crippen molar-refractivity contribution in [1.82, 2.24) is 9.80 Å². The van der Waals surface area contributed by atoms with Crippen LogP contribution in [0.3, 0.4) is 0 Å². The van der Waals surface area contributed by atoms with Crippen LogP contribution in [0.5, 0.6) is 11.5 Å². The van der Waals surface area contributed by atoms with Crippen LogP contribution in [0.25, 0.3) is 6.08 Å². The van der Waals surface area contributed by atoms with Crippen LogP contribution >= 0.6 is 0 Å². The lowest BCUT2D eigenvalue weighted by Gasteiger charge is -2.31. The highest BCUT2D eigenvalue weighted by Crippen LogP contribution is 2.41. The average Bonchev–Trinajstić information content (AvgIpc) is 3.24. The van der Waals surface area contributed by atoms with Gasteiger partial charge in [-0.05, 0) is 42.7 Å². The first-order valence-corrected chi connectivity index (χ1v) is 14.2. The highest BCUT2D eigenvalue weighted by atomic mass is 16.5. The van der Waals surface area contributed by atoms with Crippen molar-refractivity contribution in [2.75, 3.05) is 52.6 Å². The fourth-order valence-corrected chi connectivity index (χ4v) is 5.00. The molecule has 8 nitrogen and oxygen atoms in total. The fraction of sp³-hybridized carbons (Fsp3) is 0.438. The van der Waals surface area contributed by atoms with E-state index in [0.717, 1.165) is 37.9 Å². The molecule has 2 aliphatic rings. The number of morpholine rings is 1. The number of ketones is 1. The Morgan fingerprint density at radius 2 is 1.80 bits per heavy atom. The van der Waals surface area contributed by atoms with E-state index in [0.29, 0.717) is 56.6 Å². The number of amides is 1. The Kier molecular flexibility index (Phi) is 10.8. The minimum Gasteiger partial charge on any atom is -0.503 e. The summed E-state index contributed by atoms with van der Waals surface area (Å²) in [5.41, 5.74) is 1.60. The van der Waals surface area contributed by atoms with Gasteiger partial charge in [-0.25, -0.2) is 0 Å². The number of nitrogens with zero attached hydrogens (tertiary/aromatic N) is 2. The van der Waals surface area contributed by atoms with Gasteiger partial charge < -0.3 is 24.2 Å². The van der Waals surface area contributed by atoms with E-state index < -0.39 is 23.5 Å². The summed E-state index contributed by atoms with van der Waals surface area (Å²) in [6, 6.07) is 14.2. The minimum absolute atomic E-state index is 0.0678. The Balaban J connectivity index is 1.65. The standard InChI is InChI=1S/C32H40N2O6/c1-3-5-9-20-40-27-15-13-25(23-28(27)39-4-2)30-29(26(35)14-12-24-10-7-6-8-11-24)31(36)32(37)34(30)17-16-33-18-21-38-22-19-33/h6-8,10-15,23,30,36H,3-5,9,16-22H2,1-2H3/b14-12+. The third kappa shape index (κ3) is 7.31. The van der Waals surface area contributed by atoms with E-state index >= 15 is 0 Å². The molecular weight excluding hydrogens is 508 g/mol. The van der Waals surface area contributed by atoms with E-state index in [-0.39, 0.29) is 5.57 Å². The van der Waals surface area contributed by atoms with Crippen molar-refractivity contribution in [1.29, 1.82) is 0 Å². The summed E-state index contributed by atoms with van der Waals surface area (Å²) < 4.78 is 17.4. The molecule has 1 fully saturated rings.